The monoisotopic (exact) mass is 246 g/mol. The van der Waals surface area contributed by atoms with E-state index in [4.69, 9.17) is 0 Å². The second-order valence-electron chi connectivity index (χ2n) is 5.91. The number of fused-ring (bicyclic) bond motifs is 1. The van der Waals surface area contributed by atoms with Crippen molar-refractivity contribution in [3.8, 4) is 0 Å². The smallest absolute Gasteiger partial charge is 0.0208 e. The number of nitrogens with one attached hydrogen (secondary N) is 2. The van der Waals surface area contributed by atoms with Crippen molar-refractivity contribution in [1.82, 2.24) is 10.6 Å². The Morgan fingerprint density at radius 2 is 2.06 bits per heavy atom. The van der Waals surface area contributed by atoms with Gasteiger partial charge in [0.05, 0.1) is 0 Å². The summed E-state index contributed by atoms with van der Waals surface area (Å²) in [6.45, 7) is 11.2. The van der Waals surface area contributed by atoms with Crippen molar-refractivity contribution in [3.63, 3.8) is 0 Å². The summed E-state index contributed by atoms with van der Waals surface area (Å²) in [6.07, 6.45) is 0. The molecule has 0 bridgehead atoms. The average molecular weight is 246 g/mol. The van der Waals surface area contributed by atoms with E-state index in [9.17, 15) is 0 Å². The summed E-state index contributed by atoms with van der Waals surface area (Å²) in [7, 11) is 0. The molecule has 1 aromatic carbocycles. The quantitative estimate of drug-likeness (QED) is 0.835. The van der Waals surface area contributed by atoms with Gasteiger partial charge in [-0.25, -0.2) is 0 Å². The number of benzene rings is 1. The summed E-state index contributed by atoms with van der Waals surface area (Å²) in [6, 6.07) is 8.82. The van der Waals surface area contributed by atoms with Crippen LogP contribution in [0.1, 0.15) is 37.8 Å². The molecule has 2 N–H and O–H groups in total. The van der Waals surface area contributed by atoms with Crippen molar-refractivity contribution in [3.05, 3.63) is 35.4 Å². The van der Waals surface area contributed by atoms with Crippen molar-refractivity contribution in [2.75, 3.05) is 19.6 Å². The SMILES string of the molecule is CC(C)C(C)CNCC1CNCc2ccccc21. The molecule has 0 spiro atoms. The van der Waals surface area contributed by atoms with Crippen molar-refractivity contribution in [2.45, 2.75) is 33.2 Å². The molecule has 1 aliphatic heterocycles. The highest BCUT2D eigenvalue weighted by Gasteiger charge is 2.19. The number of hydrogen-bond donors (Lipinski definition) is 2. The molecular formula is C16H26N2. The third-order valence-corrected chi connectivity index (χ3v) is 4.20. The van der Waals surface area contributed by atoms with Crippen LogP contribution in [0.4, 0.5) is 0 Å². The second-order valence-corrected chi connectivity index (χ2v) is 5.91. The highest BCUT2D eigenvalue weighted by Crippen LogP contribution is 2.23. The van der Waals surface area contributed by atoms with Gasteiger partial charge in [0, 0.05) is 25.6 Å². The molecule has 0 fully saturated rings. The molecule has 1 aromatic rings. The molecule has 2 unspecified atom stereocenters. The Hall–Kier alpha value is -0.860. The van der Waals surface area contributed by atoms with Crippen molar-refractivity contribution < 1.29 is 0 Å². The predicted octanol–water partition coefficient (Wildman–Crippen LogP) is 2.76. The van der Waals surface area contributed by atoms with E-state index in [0.29, 0.717) is 5.92 Å². The predicted molar refractivity (Wildman–Crippen MR) is 77.8 cm³/mol. The molecule has 1 heterocycles. The Morgan fingerprint density at radius 1 is 1.28 bits per heavy atom. The molecular weight excluding hydrogens is 220 g/mol. The minimum absolute atomic E-state index is 0.620. The maximum atomic E-state index is 3.64. The van der Waals surface area contributed by atoms with Gasteiger partial charge in [-0.05, 0) is 29.5 Å². The van der Waals surface area contributed by atoms with Crippen LogP contribution >= 0.6 is 0 Å². The highest BCUT2D eigenvalue weighted by molar-refractivity contribution is 5.32. The van der Waals surface area contributed by atoms with Crippen LogP contribution in [0.15, 0.2) is 24.3 Å². The van der Waals surface area contributed by atoms with Gasteiger partial charge in [0.15, 0.2) is 0 Å². The van der Waals surface area contributed by atoms with Gasteiger partial charge in [0.1, 0.15) is 0 Å². The molecule has 2 rings (SSSR count). The van der Waals surface area contributed by atoms with E-state index in [0.717, 1.165) is 38.0 Å². The van der Waals surface area contributed by atoms with Crippen LogP contribution in [0.5, 0.6) is 0 Å². The fourth-order valence-corrected chi connectivity index (χ4v) is 2.49. The van der Waals surface area contributed by atoms with Crippen LogP contribution in [-0.4, -0.2) is 19.6 Å². The van der Waals surface area contributed by atoms with Crippen LogP contribution < -0.4 is 10.6 Å². The van der Waals surface area contributed by atoms with Gasteiger partial charge < -0.3 is 10.6 Å². The first-order chi connectivity index (χ1) is 8.68. The van der Waals surface area contributed by atoms with E-state index in [-0.39, 0.29) is 0 Å². The molecule has 0 saturated carbocycles. The van der Waals surface area contributed by atoms with E-state index in [1.54, 1.807) is 0 Å². The van der Waals surface area contributed by atoms with Crippen molar-refractivity contribution in [2.24, 2.45) is 11.8 Å². The van der Waals surface area contributed by atoms with Crippen LogP contribution in [-0.2, 0) is 6.54 Å². The summed E-state index contributed by atoms with van der Waals surface area (Å²) in [5, 5.41) is 7.15. The maximum Gasteiger partial charge on any atom is 0.0208 e. The zero-order chi connectivity index (χ0) is 13.0. The van der Waals surface area contributed by atoms with Crippen LogP contribution in [0.2, 0.25) is 0 Å². The fourth-order valence-electron chi connectivity index (χ4n) is 2.49. The van der Waals surface area contributed by atoms with E-state index in [2.05, 4.69) is 55.7 Å². The summed E-state index contributed by atoms with van der Waals surface area (Å²) in [5.41, 5.74) is 2.99. The molecule has 0 aromatic heterocycles. The maximum absolute atomic E-state index is 3.64. The molecule has 0 saturated heterocycles. The van der Waals surface area contributed by atoms with Crippen LogP contribution in [0.3, 0.4) is 0 Å². The summed E-state index contributed by atoms with van der Waals surface area (Å²) in [5.74, 6) is 2.13. The molecule has 0 radical (unpaired) electrons. The first-order valence-corrected chi connectivity index (χ1v) is 7.17. The first-order valence-electron chi connectivity index (χ1n) is 7.17. The minimum atomic E-state index is 0.620. The highest BCUT2D eigenvalue weighted by atomic mass is 14.9. The van der Waals surface area contributed by atoms with Gasteiger partial charge in [-0.15, -0.1) is 0 Å². The Morgan fingerprint density at radius 3 is 2.83 bits per heavy atom. The molecule has 2 atom stereocenters. The van der Waals surface area contributed by atoms with Crippen molar-refractivity contribution in [1.29, 1.82) is 0 Å². The van der Waals surface area contributed by atoms with Gasteiger partial charge in [-0.1, -0.05) is 45.0 Å². The molecule has 18 heavy (non-hydrogen) atoms. The van der Waals surface area contributed by atoms with E-state index >= 15 is 0 Å². The lowest BCUT2D eigenvalue weighted by atomic mass is 9.90. The second kappa shape index (κ2) is 6.35. The lowest BCUT2D eigenvalue weighted by Gasteiger charge is -2.27. The number of rotatable bonds is 5. The molecule has 2 nitrogen and oxygen atoms in total. The third kappa shape index (κ3) is 3.33. The molecule has 100 valence electrons. The zero-order valence-electron chi connectivity index (χ0n) is 11.9. The van der Waals surface area contributed by atoms with Gasteiger partial charge in [-0.2, -0.15) is 0 Å². The molecule has 0 aliphatic carbocycles. The Labute approximate surface area is 111 Å². The van der Waals surface area contributed by atoms with E-state index < -0.39 is 0 Å². The van der Waals surface area contributed by atoms with Crippen LogP contribution in [0.25, 0.3) is 0 Å². The molecule has 1 aliphatic rings. The lowest BCUT2D eigenvalue weighted by Crippen LogP contribution is -2.36. The zero-order valence-corrected chi connectivity index (χ0v) is 11.9. The van der Waals surface area contributed by atoms with Gasteiger partial charge >= 0.3 is 0 Å². The minimum Gasteiger partial charge on any atom is -0.316 e. The lowest BCUT2D eigenvalue weighted by molar-refractivity contribution is 0.382. The van der Waals surface area contributed by atoms with E-state index in [1.165, 1.54) is 11.1 Å². The Balaban J connectivity index is 1.88. The van der Waals surface area contributed by atoms with Gasteiger partial charge in [0.25, 0.3) is 0 Å². The summed E-state index contributed by atoms with van der Waals surface area (Å²) in [4.78, 5) is 0. The standard InChI is InChI=1S/C16H26N2/c1-12(2)13(3)8-17-10-15-11-18-9-14-6-4-5-7-16(14)15/h4-7,12-13,15,17-18H,8-11H2,1-3H3. The fraction of sp³-hybridized carbons (Fsp3) is 0.625. The Kier molecular flexibility index (Phi) is 4.79. The summed E-state index contributed by atoms with van der Waals surface area (Å²) < 4.78 is 0. The summed E-state index contributed by atoms with van der Waals surface area (Å²) >= 11 is 0. The Bertz CT molecular complexity index is 373. The average Bonchev–Trinajstić information content (AvgIpc) is 2.38. The molecule has 2 heteroatoms. The third-order valence-electron chi connectivity index (χ3n) is 4.20. The van der Waals surface area contributed by atoms with Gasteiger partial charge in [0.2, 0.25) is 0 Å². The topological polar surface area (TPSA) is 24.1 Å². The molecule has 0 amide bonds. The first kappa shape index (κ1) is 13.6. The van der Waals surface area contributed by atoms with Crippen molar-refractivity contribution >= 4 is 0 Å². The normalized spacial score (nSPS) is 20.8. The number of hydrogen-bond acceptors (Lipinski definition) is 2. The van der Waals surface area contributed by atoms with Crippen LogP contribution in [0, 0.1) is 11.8 Å². The van der Waals surface area contributed by atoms with E-state index in [1.807, 2.05) is 0 Å². The van der Waals surface area contributed by atoms with Gasteiger partial charge in [-0.3, -0.25) is 0 Å². The largest absolute Gasteiger partial charge is 0.316 e.